The van der Waals surface area contributed by atoms with E-state index in [2.05, 4.69) is 16.0 Å². The maximum absolute atomic E-state index is 14.3. The SMILES string of the molecule is C[C@@H]1CN([C@@H](C)CO)C(=O)c2cc(NC(=O)Nc3ccc(F)cc3)ccc2O[C@@H](C)CCCCO[C@@H]1CN(C)C(=O)NC1CCCCC1. The average Bonchev–Trinajstić information content (AvgIpc) is 3.07. The largest absolute Gasteiger partial charge is 0.490 e. The minimum atomic E-state index is -0.560. The number of likely N-dealkylation sites (N-methyl/N-ethyl adjacent to an activating group) is 1. The first-order chi connectivity index (χ1) is 23.0. The van der Waals surface area contributed by atoms with Gasteiger partial charge in [-0.1, -0.05) is 26.2 Å². The zero-order valence-electron chi connectivity index (χ0n) is 28.7. The molecule has 0 saturated heterocycles. The number of nitrogens with one attached hydrogen (secondary N) is 3. The number of hydrogen-bond donors (Lipinski definition) is 4. The molecule has 0 bridgehead atoms. The standard InChI is InChI=1S/C36H52FN5O6/c1-24-21-42(25(2)23-43)34(44)31-20-30(39-35(45)38-29-15-13-27(37)14-16-29)17-18-32(31)48-26(3)10-8-9-19-47-33(24)22-41(4)36(46)40-28-11-6-5-7-12-28/h13-18,20,24-26,28,33,43H,5-12,19,21-23H2,1-4H3,(H,40,46)(H2,38,39,45)/t24-,25+,26+,33-/m1/s1. The van der Waals surface area contributed by atoms with Crippen LogP contribution >= 0.6 is 0 Å². The van der Waals surface area contributed by atoms with Crippen molar-refractivity contribution in [3.63, 3.8) is 0 Å². The zero-order valence-corrected chi connectivity index (χ0v) is 28.7. The molecule has 2 aromatic rings. The van der Waals surface area contributed by atoms with Gasteiger partial charge in [0.1, 0.15) is 11.6 Å². The van der Waals surface area contributed by atoms with E-state index < -0.39 is 17.9 Å². The van der Waals surface area contributed by atoms with Crippen LogP contribution in [0.3, 0.4) is 0 Å². The number of aliphatic hydroxyl groups excluding tert-OH is 1. The lowest BCUT2D eigenvalue weighted by Gasteiger charge is -2.36. The van der Waals surface area contributed by atoms with E-state index in [1.165, 1.54) is 30.7 Å². The normalized spacial score (nSPS) is 22.0. The van der Waals surface area contributed by atoms with Crippen LogP contribution in [0.2, 0.25) is 0 Å². The molecule has 1 aliphatic carbocycles. The van der Waals surface area contributed by atoms with E-state index in [1.54, 1.807) is 42.0 Å². The number of carbonyl (C=O) groups is 3. The maximum Gasteiger partial charge on any atom is 0.323 e. The van der Waals surface area contributed by atoms with Crippen molar-refractivity contribution in [2.75, 3.05) is 44.0 Å². The van der Waals surface area contributed by atoms with E-state index in [9.17, 15) is 23.9 Å². The van der Waals surface area contributed by atoms with E-state index in [0.717, 1.165) is 44.9 Å². The third-order valence-electron chi connectivity index (χ3n) is 9.14. The molecule has 5 amide bonds. The van der Waals surface area contributed by atoms with Crippen molar-refractivity contribution in [2.45, 2.75) is 96.4 Å². The first-order valence-electron chi connectivity index (χ1n) is 17.2. The molecule has 0 unspecified atom stereocenters. The van der Waals surface area contributed by atoms with Gasteiger partial charge in [0.2, 0.25) is 0 Å². The topological polar surface area (TPSA) is 132 Å². The summed E-state index contributed by atoms with van der Waals surface area (Å²) in [5.41, 5.74) is 1.01. The van der Waals surface area contributed by atoms with Gasteiger partial charge >= 0.3 is 12.1 Å². The Morgan fingerprint density at radius 3 is 2.38 bits per heavy atom. The molecule has 2 aliphatic rings. The molecule has 264 valence electrons. The molecule has 11 nitrogen and oxygen atoms in total. The highest BCUT2D eigenvalue weighted by atomic mass is 19.1. The number of halogens is 1. The van der Waals surface area contributed by atoms with Gasteiger partial charge in [-0.15, -0.1) is 0 Å². The minimum Gasteiger partial charge on any atom is -0.490 e. The summed E-state index contributed by atoms with van der Waals surface area (Å²) in [6.07, 6.45) is 7.27. The number of fused-ring (bicyclic) bond motifs is 1. The third kappa shape index (κ3) is 10.8. The van der Waals surface area contributed by atoms with Crippen LogP contribution in [0.15, 0.2) is 42.5 Å². The van der Waals surface area contributed by atoms with Crippen LogP contribution in [-0.4, -0.2) is 90.5 Å². The Morgan fingerprint density at radius 1 is 1.00 bits per heavy atom. The molecule has 12 heteroatoms. The van der Waals surface area contributed by atoms with E-state index in [-0.39, 0.29) is 54.8 Å². The number of benzene rings is 2. The highest BCUT2D eigenvalue weighted by Gasteiger charge is 2.31. The Balaban J connectivity index is 1.55. The second-order valence-corrected chi connectivity index (χ2v) is 13.3. The number of nitrogens with zero attached hydrogens (tertiary/aromatic N) is 2. The molecular weight excluding hydrogens is 617 g/mol. The second-order valence-electron chi connectivity index (χ2n) is 13.3. The number of anilines is 2. The van der Waals surface area contributed by atoms with Gasteiger partial charge in [0, 0.05) is 50.1 Å². The van der Waals surface area contributed by atoms with Gasteiger partial charge in [-0.25, -0.2) is 14.0 Å². The lowest BCUT2D eigenvalue weighted by atomic mass is 9.96. The monoisotopic (exact) mass is 669 g/mol. The molecule has 0 aromatic heterocycles. The summed E-state index contributed by atoms with van der Waals surface area (Å²) in [6.45, 7) is 6.55. The molecule has 1 aliphatic heterocycles. The molecule has 1 saturated carbocycles. The van der Waals surface area contributed by atoms with E-state index in [1.807, 2.05) is 13.8 Å². The van der Waals surface area contributed by atoms with Crippen molar-refractivity contribution in [3.8, 4) is 5.75 Å². The lowest BCUT2D eigenvalue weighted by Crippen LogP contribution is -2.50. The summed E-state index contributed by atoms with van der Waals surface area (Å²) in [4.78, 5) is 43.5. The quantitative estimate of drug-likeness (QED) is 0.276. The number of hydrogen-bond acceptors (Lipinski definition) is 6. The maximum atomic E-state index is 14.3. The summed E-state index contributed by atoms with van der Waals surface area (Å²) in [7, 11) is 1.77. The molecule has 0 radical (unpaired) electrons. The van der Waals surface area contributed by atoms with Gasteiger partial charge in [-0.2, -0.15) is 0 Å². The van der Waals surface area contributed by atoms with Crippen molar-refractivity contribution in [2.24, 2.45) is 5.92 Å². The van der Waals surface area contributed by atoms with Crippen molar-refractivity contribution in [1.29, 1.82) is 0 Å². The highest BCUT2D eigenvalue weighted by molar-refractivity contribution is 6.02. The molecule has 2 aromatic carbocycles. The minimum absolute atomic E-state index is 0.128. The number of amides is 5. The number of carbonyl (C=O) groups excluding carboxylic acids is 3. The van der Waals surface area contributed by atoms with Gasteiger partial charge in [-0.05, 0) is 88.4 Å². The lowest BCUT2D eigenvalue weighted by molar-refractivity contribution is -0.0123. The van der Waals surface area contributed by atoms with Crippen LogP contribution in [0.1, 0.15) is 82.5 Å². The fourth-order valence-electron chi connectivity index (χ4n) is 6.17. The summed E-state index contributed by atoms with van der Waals surface area (Å²) in [6, 6.07) is 9.25. The Labute approximate surface area is 283 Å². The van der Waals surface area contributed by atoms with Gasteiger partial charge in [-0.3, -0.25) is 4.79 Å². The van der Waals surface area contributed by atoms with Crippen LogP contribution in [0.25, 0.3) is 0 Å². The second kappa shape index (κ2) is 18.0. The van der Waals surface area contributed by atoms with Crippen molar-refractivity contribution >= 4 is 29.3 Å². The van der Waals surface area contributed by atoms with E-state index >= 15 is 0 Å². The Kier molecular flexibility index (Phi) is 13.9. The first kappa shape index (κ1) is 36.9. The van der Waals surface area contributed by atoms with Gasteiger partial charge < -0.3 is 40.3 Å². The highest BCUT2D eigenvalue weighted by Crippen LogP contribution is 2.29. The molecule has 48 heavy (non-hydrogen) atoms. The average molecular weight is 670 g/mol. The summed E-state index contributed by atoms with van der Waals surface area (Å²) < 4.78 is 26.0. The van der Waals surface area contributed by atoms with Crippen LogP contribution in [0.4, 0.5) is 25.4 Å². The van der Waals surface area contributed by atoms with Gasteiger partial charge in [0.05, 0.1) is 30.4 Å². The number of urea groups is 2. The van der Waals surface area contributed by atoms with Gasteiger partial charge in [0.15, 0.2) is 0 Å². The molecule has 4 N–H and O–H groups in total. The summed E-state index contributed by atoms with van der Waals surface area (Å²) in [5, 5.41) is 18.8. The molecular formula is C36H52FN5O6. The van der Waals surface area contributed by atoms with Crippen molar-refractivity contribution < 1.29 is 33.4 Å². The molecule has 4 rings (SSSR count). The Bertz CT molecular complexity index is 1350. The Morgan fingerprint density at radius 2 is 1.67 bits per heavy atom. The van der Waals surface area contributed by atoms with E-state index in [4.69, 9.17) is 9.47 Å². The Hall–Kier alpha value is -3.90. The van der Waals surface area contributed by atoms with Crippen LogP contribution in [-0.2, 0) is 4.74 Å². The van der Waals surface area contributed by atoms with Crippen LogP contribution < -0.4 is 20.7 Å². The number of ether oxygens (including phenoxy) is 2. The van der Waals surface area contributed by atoms with Crippen LogP contribution in [0.5, 0.6) is 5.75 Å². The number of rotatable bonds is 7. The summed E-state index contributed by atoms with van der Waals surface area (Å²) >= 11 is 0. The summed E-state index contributed by atoms with van der Waals surface area (Å²) in [5.74, 6) is -0.598. The molecule has 1 heterocycles. The zero-order chi connectivity index (χ0) is 34.6. The molecule has 0 spiro atoms. The van der Waals surface area contributed by atoms with Gasteiger partial charge in [0.25, 0.3) is 5.91 Å². The van der Waals surface area contributed by atoms with Crippen molar-refractivity contribution in [3.05, 3.63) is 53.8 Å². The molecule has 4 atom stereocenters. The first-order valence-corrected chi connectivity index (χ1v) is 17.2. The van der Waals surface area contributed by atoms with E-state index in [0.29, 0.717) is 30.3 Å². The fourth-order valence-corrected chi connectivity index (χ4v) is 6.17. The predicted octanol–water partition coefficient (Wildman–Crippen LogP) is 6.24. The third-order valence-corrected chi connectivity index (χ3v) is 9.14. The number of aliphatic hydroxyl groups is 1. The fraction of sp³-hybridized carbons (Fsp3) is 0.583. The smallest absolute Gasteiger partial charge is 0.323 e. The predicted molar refractivity (Wildman–Crippen MR) is 184 cm³/mol. The van der Waals surface area contributed by atoms with Crippen LogP contribution in [0, 0.1) is 11.7 Å². The van der Waals surface area contributed by atoms with Crippen molar-refractivity contribution in [1.82, 2.24) is 15.1 Å². The molecule has 1 fully saturated rings.